The second kappa shape index (κ2) is 5.53. The highest BCUT2D eigenvalue weighted by Gasteiger charge is 2.31. The van der Waals surface area contributed by atoms with Crippen molar-refractivity contribution in [3.05, 3.63) is 28.2 Å². The summed E-state index contributed by atoms with van der Waals surface area (Å²) in [6.07, 6.45) is 0.938. The van der Waals surface area contributed by atoms with Gasteiger partial charge in [-0.25, -0.2) is 8.42 Å². The highest BCUT2D eigenvalue weighted by molar-refractivity contribution is 9.10. The third kappa shape index (κ3) is 2.76. The van der Waals surface area contributed by atoms with E-state index in [2.05, 4.69) is 15.9 Å². The molecule has 0 N–H and O–H groups in total. The van der Waals surface area contributed by atoms with Crippen molar-refractivity contribution in [1.82, 2.24) is 4.31 Å². The largest absolute Gasteiger partial charge is 0.243 e. The predicted octanol–water partition coefficient (Wildman–Crippen LogP) is 2.88. The Bertz CT molecular complexity index is 539. The van der Waals surface area contributed by atoms with Gasteiger partial charge in [-0.3, -0.25) is 0 Å². The van der Waals surface area contributed by atoms with Crippen LogP contribution in [0.4, 0.5) is 0 Å². The molecule has 0 radical (unpaired) electrons. The topological polar surface area (TPSA) is 37.4 Å². The van der Waals surface area contributed by atoms with E-state index in [0.717, 1.165) is 28.0 Å². The summed E-state index contributed by atoms with van der Waals surface area (Å²) in [5.41, 5.74) is 0.788. The van der Waals surface area contributed by atoms with Gasteiger partial charge in [0.1, 0.15) is 0 Å². The molecule has 6 heteroatoms. The Balaban J connectivity index is 2.37. The van der Waals surface area contributed by atoms with E-state index in [9.17, 15) is 8.42 Å². The molecule has 1 aliphatic heterocycles. The molecule has 1 aromatic carbocycles. The predicted molar refractivity (Wildman–Crippen MR) is 79.6 cm³/mol. The number of hydrogen-bond acceptors (Lipinski definition) is 3. The molecule has 1 fully saturated rings. The molecule has 0 saturated carbocycles. The summed E-state index contributed by atoms with van der Waals surface area (Å²) in [6, 6.07) is 5.50. The van der Waals surface area contributed by atoms with E-state index in [0.29, 0.717) is 4.90 Å². The molecule has 0 spiro atoms. The van der Waals surface area contributed by atoms with E-state index in [1.54, 1.807) is 13.1 Å². The van der Waals surface area contributed by atoms with Crippen LogP contribution in [0.2, 0.25) is 0 Å². The number of aryl methyl sites for hydroxylation is 1. The zero-order valence-electron chi connectivity index (χ0n) is 10.4. The van der Waals surface area contributed by atoms with Crippen LogP contribution >= 0.6 is 27.7 Å². The second-order valence-corrected chi connectivity index (χ2v) is 8.48. The summed E-state index contributed by atoms with van der Waals surface area (Å²) in [5.74, 6) is 1.94. The molecule has 1 aliphatic rings. The molecule has 0 amide bonds. The van der Waals surface area contributed by atoms with E-state index in [-0.39, 0.29) is 6.04 Å². The first kappa shape index (κ1) is 14.4. The molecule has 0 aliphatic carbocycles. The lowest BCUT2D eigenvalue weighted by molar-refractivity contribution is 0.394. The van der Waals surface area contributed by atoms with Crippen molar-refractivity contribution in [2.45, 2.75) is 24.3 Å². The first-order chi connectivity index (χ1) is 8.43. The average Bonchev–Trinajstić information content (AvgIpc) is 2.84. The van der Waals surface area contributed by atoms with Crippen LogP contribution in [0.5, 0.6) is 0 Å². The smallest absolute Gasteiger partial charge is 0.207 e. The van der Waals surface area contributed by atoms with Crippen LogP contribution in [-0.2, 0) is 10.0 Å². The average molecular weight is 350 g/mol. The van der Waals surface area contributed by atoms with Crippen LogP contribution in [0.25, 0.3) is 0 Å². The molecular formula is C12H16BrNO2S2. The minimum absolute atomic E-state index is 0.124. The lowest BCUT2D eigenvalue weighted by Gasteiger charge is -2.24. The molecule has 2 rings (SSSR count). The number of nitrogens with zero attached hydrogens (tertiary/aromatic N) is 1. The Morgan fingerprint density at radius 1 is 1.44 bits per heavy atom. The molecule has 0 bridgehead atoms. The summed E-state index contributed by atoms with van der Waals surface area (Å²) >= 11 is 5.15. The third-order valence-electron chi connectivity index (χ3n) is 3.23. The lowest BCUT2D eigenvalue weighted by atomic mass is 10.2. The fourth-order valence-electron chi connectivity index (χ4n) is 2.01. The molecule has 0 aromatic heterocycles. The summed E-state index contributed by atoms with van der Waals surface area (Å²) in [7, 11) is -1.70. The molecular weight excluding hydrogens is 334 g/mol. The quantitative estimate of drug-likeness (QED) is 0.841. The van der Waals surface area contributed by atoms with Crippen molar-refractivity contribution in [3.8, 4) is 0 Å². The van der Waals surface area contributed by atoms with Crippen LogP contribution in [-0.4, -0.2) is 37.3 Å². The van der Waals surface area contributed by atoms with Gasteiger partial charge in [0.15, 0.2) is 0 Å². The van der Waals surface area contributed by atoms with Crippen molar-refractivity contribution in [1.29, 1.82) is 0 Å². The zero-order chi connectivity index (χ0) is 13.3. The molecule has 100 valence electrons. The standard InChI is InChI=1S/C12H16BrNO2S2/c1-9-3-4-10(13)7-12(9)18(15,16)14(2)11-5-6-17-8-11/h3-4,7,11H,5-6,8H2,1-2H3. The van der Waals surface area contributed by atoms with Gasteiger partial charge in [-0.1, -0.05) is 22.0 Å². The molecule has 1 unspecified atom stereocenters. The van der Waals surface area contributed by atoms with Gasteiger partial charge in [0.2, 0.25) is 10.0 Å². The van der Waals surface area contributed by atoms with Gasteiger partial charge in [0.25, 0.3) is 0 Å². The fourth-order valence-corrected chi connectivity index (χ4v) is 5.52. The van der Waals surface area contributed by atoms with Crippen molar-refractivity contribution in [3.63, 3.8) is 0 Å². The van der Waals surface area contributed by atoms with Gasteiger partial charge in [0.05, 0.1) is 4.90 Å². The van der Waals surface area contributed by atoms with Crippen LogP contribution in [0.3, 0.4) is 0 Å². The van der Waals surface area contributed by atoms with Crippen molar-refractivity contribution in [2.75, 3.05) is 18.6 Å². The normalized spacial score (nSPS) is 20.6. The fraction of sp³-hybridized carbons (Fsp3) is 0.500. The molecule has 1 heterocycles. The highest BCUT2D eigenvalue weighted by atomic mass is 79.9. The number of sulfonamides is 1. The monoisotopic (exact) mass is 349 g/mol. The number of hydrogen-bond donors (Lipinski definition) is 0. The Morgan fingerprint density at radius 3 is 2.78 bits per heavy atom. The number of benzene rings is 1. The van der Waals surface area contributed by atoms with Gasteiger partial charge in [-0.15, -0.1) is 0 Å². The number of halogens is 1. The van der Waals surface area contributed by atoms with E-state index < -0.39 is 10.0 Å². The maximum atomic E-state index is 12.6. The maximum absolute atomic E-state index is 12.6. The van der Waals surface area contributed by atoms with Crippen molar-refractivity contribution >= 4 is 37.7 Å². The van der Waals surface area contributed by atoms with Crippen LogP contribution in [0, 0.1) is 6.92 Å². The number of thioether (sulfide) groups is 1. The zero-order valence-corrected chi connectivity index (χ0v) is 13.6. The molecule has 1 aromatic rings. The van der Waals surface area contributed by atoms with Gasteiger partial charge < -0.3 is 0 Å². The summed E-state index contributed by atoms with van der Waals surface area (Å²) in [4.78, 5) is 0.399. The van der Waals surface area contributed by atoms with E-state index >= 15 is 0 Å². The van der Waals surface area contributed by atoms with E-state index in [4.69, 9.17) is 0 Å². The van der Waals surface area contributed by atoms with Crippen LogP contribution < -0.4 is 0 Å². The molecule has 1 saturated heterocycles. The van der Waals surface area contributed by atoms with E-state index in [1.807, 2.05) is 30.8 Å². The summed E-state index contributed by atoms with van der Waals surface area (Å²) in [5, 5.41) is 0. The van der Waals surface area contributed by atoms with Gasteiger partial charge >= 0.3 is 0 Å². The molecule has 3 nitrogen and oxygen atoms in total. The Morgan fingerprint density at radius 2 is 2.17 bits per heavy atom. The first-order valence-electron chi connectivity index (χ1n) is 5.75. The maximum Gasteiger partial charge on any atom is 0.243 e. The highest BCUT2D eigenvalue weighted by Crippen LogP contribution is 2.28. The minimum Gasteiger partial charge on any atom is -0.207 e. The SMILES string of the molecule is Cc1ccc(Br)cc1S(=O)(=O)N(C)C1CCSC1. The lowest BCUT2D eigenvalue weighted by Crippen LogP contribution is -2.37. The Hall–Kier alpha value is -0.0400. The Kier molecular flexibility index (Phi) is 4.41. The van der Waals surface area contributed by atoms with E-state index in [1.165, 1.54) is 4.31 Å². The molecule has 1 atom stereocenters. The number of rotatable bonds is 3. The van der Waals surface area contributed by atoms with Crippen molar-refractivity contribution in [2.24, 2.45) is 0 Å². The first-order valence-corrected chi connectivity index (χ1v) is 9.13. The van der Waals surface area contributed by atoms with Crippen LogP contribution in [0.15, 0.2) is 27.6 Å². The van der Waals surface area contributed by atoms with Gasteiger partial charge in [0, 0.05) is 23.3 Å². The van der Waals surface area contributed by atoms with Crippen LogP contribution in [0.1, 0.15) is 12.0 Å². The minimum atomic E-state index is -3.39. The van der Waals surface area contributed by atoms with Gasteiger partial charge in [-0.05, 0) is 36.8 Å². The third-order valence-corrected chi connectivity index (χ3v) is 6.92. The summed E-state index contributed by atoms with van der Waals surface area (Å²) < 4.78 is 27.5. The Labute approximate surface area is 121 Å². The second-order valence-electron chi connectivity index (χ2n) is 4.45. The molecule has 18 heavy (non-hydrogen) atoms. The van der Waals surface area contributed by atoms with Gasteiger partial charge in [-0.2, -0.15) is 16.1 Å². The van der Waals surface area contributed by atoms with Crippen molar-refractivity contribution < 1.29 is 8.42 Å². The summed E-state index contributed by atoms with van der Waals surface area (Å²) in [6.45, 7) is 1.83.